The lowest BCUT2D eigenvalue weighted by molar-refractivity contribution is 0.134. The first-order chi connectivity index (χ1) is 13.7. The molecule has 0 radical (unpaired) electrons. The highest BCUT2D eigenvalue weighted by Gasteiger charge is 2.25. The number of likely N-dealkylation sites (tertiary alicyclic amines) is 1. The van der Waals surface area contributed by atoms with Crippen molar-refractivity contribution in [3.8, 4) is 0 Å². The first-order valence-electron chi connectivity index (χ1n) is 10.1. The Morgan fingerprint density at radius 3 is 2.50 bits per heavy atom. The van der Waals surface area contributed by atoms with Crippen LogP contribution in [0.5, 0.6) is 0 Å². The van der Waals surface area contributed by atoms with Crippen molar-refractivity contribution in [2.75, 3.05) is 19.8 Å². The molecule has 2 atom stereocenters. The molecular formula is C23H32N4S. The zero-order valence-electron chi connectivity index (χ0n) is 17.2. The zero-order valence-corrected chi connectivity index (χ0v) is 18.0. The molecule has 2 N–H and O–H groups in total. The summed E-state index contributed by atoms with van der Waals surface area (Å²) < 4.78 is 0. The molecule has 1 heterocycles. The quantitative estimate of drug-likeness (QED) is 0.438. The van der Waals surface area contributed by atoms with Crippen LogP contribution in [-0.4, -0.2) is 42.8 Å². The van der Waals surface area contributed by atoms with E-state index in [0.717, 1.165) is 38.4 Å². The van der Waals surface area contributed by atoms with E-state index in [4.69, 9.17) is 0 Å². The number of benzene rings is 2. The molecule has 28 heavy (non-hydrogen) atoms. The smallest absolute Gasteiger partial charge is 0.191 e. The van der Waals surface area contributed by atoms with Gasteiger partial charge in [-0.3, -0.25) is 9.89 Å². The van der Waals surface area contributed by atoms with Gasteiger partial charge in [0.25, 0.3) is 0 Å². The largest absolute Gasteiger partial charge is 0.354 e. The Bertz CT molecular complexity index is 745. The van der Waals surface area contributed by atoms with Crippen molar-refractivity contribution in [2.45, 2.75) is 49.8 Å². The van der Waals surface area contributed by atoms with Gasteiger partial charge in [-0.15, -0.1) is 11.8 Å². The van der Waals surface area contributed by atoms with E-state index in [1.54, 1.807) is 11.8 Å². The Morgan fingerprint density at radius 2 is 1.86 bits per heavy atom. The van der Waals surface area contributed by atoms with Gasteiger partial charge in [-0.1, -0.05) is 42.5 Å². The fourth-order valence-corrected chi connectivity index (χ4v) is 4.13. The second kappa shape index (κ2) is 10.5. The summed E-state index contributed by atoms with van der Waals surface area (Å²) in [5.74, 6) is 0.891. The van der Waals surface area contributed by atoms with Crippen LogP contribution >= 0.6 is 11.8 Å². The second-order valence-electron chi connectivity index (χ2n) is 7.44. The standard InChI is InChI=1S/C23H32N4S/c1-18-15-21(13-14-27(18)17-20-7-5-4-6-8-20)26-23(24-2)25-16-19-9-11-22(28-3)12-10-19/h4-12,18,21H,13-17H2,1-3H3,(H2,24,25,26). The van der Waals surface area contributed by atoms with Crippen LogP contribution in [0.2, 0.25) is 0 Å². The summed E-state index contributed by atoms with van der Waals surface area (Å²) in [4.78, 5) is 8.29. The van der Waals surface area contributed by atoms with Crippen LogP contribution in [-0.2, 0) is 13.1 Å². The topological polar surface area (TPSA) is 39.7 Å². The second-order valence-corrected chi connectivity index (χ2v) is 8.32. The Balaban J connectivity index is 1.46. The van der Waals surface area contributed by atoms with Crippen molar-refractivity contribution in [3.63, 3.8) is 0 Å². The third kappa shape index (κ3) is 6.01. The molecular weight excluding hydrogens is 364 g/mol. The van der Waals surface area contributed by atoms with Crippen LogP contribution in [0.4, 0.5) is 0 Å². The minimum atomic E-state index is 0.465. The lowest BCUT2D eigenvalue weighted by Crippen LogP contribution is -2.51. The highest BCUT2D eigenvalue weighted by Crippen LogP contribution is 2.20. The van der Waals surface area contributed by atoms with Crippen molar-refractivity contribution in [2.24, 2.45) is 4.99 Å². The number of nitrogens with zero attached hydrogens (tertiary/aromatic N) is 2. The maximum atomic E-state index is 4.42. The Kier molecular flexibility index (Phi) is 7.80. The van der Waals surface area contributed by atoms with Crippen molar-refractivity contribution in [1.82, 2.24) is 15.5 Å². The molecule has 1 saturated heterocycles. The molecule has 0 amide bonds. The van der Waals surface area contributed by atoms with E-state index in [1.807, 2.05) is 7.05 Å². The van der Waals surface area contributed by atoms with Gasteiger partial charge in [0.05, 0.1) is 0 Å². The summed E-state index contributed by atoms with van der Waals surface area (Å²) in [6.07, 6.45) is 4.38. The molecule has 1 fully saturated rings. The predicted molar refractivity (Wildman–Crippen MR) is 121 cm³/mol. The highest BCUT2D eigenvalue weighted by molar-refractivity contribution is 7.98. The van der Waals surface area contributed by atoms with E-state index < -0.39 is 0 Å². The molecule has 0 aliphatic carbocycles. The van der Waals surface area contributed by atoms with Crippen LogP contribution in [0.1, 0.15) is 30.9 Å². The molecule has 150 valence electrons. The van der Waals surface area contributed by atoms with E-state index in [2.05, 4.69) is 88.3 Å². The Labute approximate surface area is 173 Å². The zero-order chi connectivity index (χ0) is 19.8. The third-order valence-corrected chi connectivity index (χ3v) is 6.17. The van der Waals surface area contributed by atoms with Crippen molar-refractivity contribution >= 4 is 17.7 Å². The van der Waals surface area contributed by atoms with Crippen LogP contribution < -0.4 is 10.6 Å². The number of aliphatic imine (C=N–C) groups is 1. The lowest BCUT2D eigenvalue weighted by atomic mass is 9.97. The molecule has 3 rings (SSSR count). The minimum Gasteiger partial charge on any atom is -0.354 e. The molecule has 1 aliphatic rings. The molecule has 0 bridgehead atoms. The van der Waals surface area contributed by atoms with Gasteiger partial charge < -0.3 is 10.6 Å². The fraction of sp³-hybridized carbons (Fsp3) is 0.435. The summed E-state index contributed by atoms with van der Waals surface area (Å²) >= 11 is 1.77. The van der Waals surface area contributed by atoms with Crippen molar-refractivity contribution in [1.29, 1.82) is 0 Å². The molecule has 5 heteroatoms. The molecule has 0 saturated carbocycles. The van der Waals surface area contributed by atoms with Crippen LogP contribution in [0, 0.1) is 0 Å². The van der Waals surface area contributed by atoms with Gasteiger partial charge in [-0.05, 0) is 49.3 Å². The van der Waals surface area contributed by atoms with Gasteiger partial charge in [-0.2, -0.15) is 0 Å². The summed E-state index contributed by atoms with van der Waals surface area (Å²) in [6.45, 7) is 5.27. The van der Waals surface area contributed by atoms with Gasteiger partial charge in [0.2, 0.25) is 0 Å². The summed E-state index contributed by atoms with van der Waals surface area (Å²) in [7, 11) is 1.85. The molecule has 2 unspecified atom stereocenters. The van der Waals surface area contributed by atoms with Gasteiger partial charge in [-0.25, -0.2) is 0 Å². The summed E-state index contributed by atoms with van der Waals surface area (Å²) in [6, 6.07) is 20.5. The van der Waals surface area contributed by atoms with Gasteiger partial charge in [0.15, 0.2) is 5.96 Å². The van der Waals surface area contributed by atoms with E-state index in [9.17, 15) is 0 Å². The number of piperidine rings is 1. The molecule has 0 spiro atoms. The Morgan fingerprint density at radius 1 is 1.11 bits per heavy atom. The number of nitrogens with one attached hydrogen (secondary N) is 2. The van der Waals surface area contributed by atoms with E-state index in [0.29, 0.717) is 12.1 Å². The van der Waals surface area contributed by atoms with Crippen LogP contribution in [0.3, 0.4) is 0 Å². The highest BCUT2D eigenvalue weighted by atomic mass is 32.2. The van der Waals surface area contributed by atoms with Crippen molar-refractivity contribution < 1.29 is 0 Å². The summed E-state index contributed by atoms with van der Waals surface area (Å²) in [5.41, 5.74) is 2.66. The monoisotopic (exact) mass is 396 g/mol. The average molecular weight is 397 g/mol. The number of rotatable bonds is 6. The van der Waals surface area contributed by atoms with E-state index in [-0.39, 0.29) is 0 Å². The van der Waals surface area contributed by atoms with E-state index >= 15 is 0 Å². The average Bonchev–Trinajstić information content (AvgIpc) is 2.74. The molecule has 0 aromatic heterocycles. The van der Waals surface area contributed by atoms with Crippen LogP contribution in [0.25, 0.3) is 0 Å². The lowest BCUT2D eigenvalue weighted by Gasteiger charge is -2.38. The maximum absolute atomic E-state index is 4.42. The Hall–Kier alpha value is -1.98. The molecule has 1 aliphatic heterocycles. The maximum Gasteiger partial charge on any atom is 0.191 e. The summed E-state index contributed by atoms with van der Waals surface area (Å²) in [5, 5.41) is 7.08. The normalized spacial score (nSPS) is 20.8. The molecule has 4 nitrogen and oxygen atoms in total. The van der Waals surface area contributed by atoms with Gasteiger partial charge in [0.1, 0.15) is 0 Å². The number of hydrogen-bond donors (Lipinski definition) is 2. The first-order valence-corrected chi connectivity index (χ1v) is 11.3. The molecule has 2 aromatic carbocycles. The van der Waals surface area contributed by atoms with Gasteiger partial charge >= 0.3 is 0 Å². The number of hydrogen-bond acceptors (Lipinski definition) is 3. The SMILES string of the molecule is CN=C(NCc1ccc(SC)cc1)NC1CCN(Cc2ccccc2)C(C)C1. The van der Waals surface area contributed by atoms with Crippen LogP contribution in [0.15, 0.2) is 64.5 Å². The third-order valence-electron chi connectivity index (χ3n) is 5.43. The van der Waals surface area contributed by atoms with E-state index in [1.165, 1.54) is 16.0 Å². The minimum absolute atomic E-state index is 0.465. The number of guanidine groups is 1. The predicted octanol–water partition coefficient (Wildman–Crippen LogP) is 4.13. The fourth-order valence-electron chi connectivity index (χ4n) is 3.72. The van der Waals surface area contributed by atoms with Crippen molar-refractivity contribution in [3.05, 3.63) is 65.7 Å². The van der Waals surface area contributed by atoms with Gasteiger partial charge in [0, 0.05) is 43.7 Å². The number of thioether (sulfide) groups is 1. The first kappa shape index (κ1) is 20.7. The molecule has 2 aromatic rings.